The van der Waals surface area contributed by atoms with Crippen LogP contribution in [0.1, 0.15) is 74.4 Å². The maximum absolute atomic E-state index is 12.8. The molecule has 160 valence electrons. The second kappa shape index (κ2) is 8.30. The Morgan fingerprint density at radius 2 is 1.79 bits per heavy atom. The number of fused-ring (bicyclic) bond motifs is 1. The Labute approximate surface area is 173 Å². The van der Waals surface area contributed by atoms with Crippen molar-refractivity contribution in [1.29, 1.82) is 0 Å². The number of piperidine rings is 1. The van der Waals surface area contributed by atoms with Gasteiger partial charge in [-0.15, -0.1) is 0 Å². The molecule has 8 heteroatoms. The third kappa shape index (κ3) is 4.48. The molecule has 1 aromatic heterocycles. The SMILES string of the molecule is Cc1nc([C@H]2CCCN(S(C)(=O)=O)C2)nc2c1CCC(=O)N2CC1CCCCC1. The molecule has 2 fully saturated rings. The van der Waals surface area contributed by atoms with Crippen molar-refractivity contribution in [3.8, 4) is 0 Å². The summed E-state index contributed by atoms with van der Waals surface area (Å²) in [5.74, 6) is 2.17. The van der Waals surface area contributed by atoms with E-state index in [2.05, 4.69) is 0 Å². The van der Waals surface area contributed by atoms with Gasteiger partial charge in [-0.25, -0.2) is 22.7 Å². The number of aromatic nitrogens is 2. The lowest BCUT2D eigenvalue weighted by atomic mass is 9.88. The van der Waals surface area contributed by atoms with Gasteiger partial charge in [0.25, 0.3) is 0 Å². The molecule has 1 saturated carbocycles. The van der Waals surface area contributed by atoms with Gasteiger partial charge in [0.05, 0.1) is 6.26 Å². The van der Waals surface area contributed by atoms with E-state index in [9.17, 15) is 13.2 Å². The number of amides is 1. The van der Waals surface area contributed by atoms with E-state index < -0.39 is 10.0 Å². The van der Waals surface area contributed by atoms with Crippen LogP contribution in [0.3, 0.4) is 0 Å². The average molecular weight is 421 g/mol. The lowest BCUT2D eigenvalue weighted by molar-refractivity contribution is -0.119. The topological polar surface area (TPSA) is 83.5 Å². The maximum Gasteiger partial charge on any atom is 0.228 e. The Hall–Kier alpha value is -1.54. The fraction of sp³-hybridized carbons (Fsp3) is 0.762. The molecule has 1 atom stereocenters. The van der Waals surface area contributed by atoms with Crippen LogP contribution in [0.5, 0.6) is 0 Å². The monoisotopic (exact) mass is 420 g/mol. The van der Waals surface area contributed by atoms with Gasteiger partial charge in [0.2, 0.25) is 15.9 Å². The summed E-state index contributed by atoms with van der Waals surface area (Å²) in [6.07, 6.45) is 10.3. The molecule has 7 nitrogen and oxygen atoms in total. The quantitative estimate of drug-likeness (QED) is 0.748. The standard InChI is InChI=1S/C21H32N4O3S/c1-15-18-10-11-19(26)25(13-16-7-4-3-5-8-16)21(18)23-20(22-15)17-9-6-12-24(14-17)29(2,27)28/h16-17H,3-14H2,1-2H3/t17-/m0/s1. The molecule has 1 aromatic rings. The number of rotatable bonds is 4. The number of carbonyl (C=O) groups excluding carboxylic acids is 1. The van der Waals surface area contributed by atoms with Gasteiger partial charge in [0.15, 0.2) is 0 Å². The van der Waals surface area contributed by atoms with Crippen LogP contribution in [0.4, 0.5) is 5.82 Å². The molecular weight excluding hydrogens is 388 g/mol. The third-order valence-electron chi connectivity index (χ3n) is 6.74. The van der Waals surface area contributed by atoms with E-state index in [1.54, 1.807) is 0 Å². The summed E-state index contributed by atoms with van der Waals surface area (Å²) in [5.41, 5.74) is 2.02. The molecule has 1 saturated heterocycles. The number of nitrogens with zero attached hydrogens (tertiary/aromatic N) is 4. The molecule has 1 amide bonds. The Morgan fingerprint density at radius 3 is 2.52 bits per heavy atom. The smallest absolute Gasteiger partial charge is 0.228 e. The first-order chi connectivity index (χ1) is 13.8. The summed E-state index contributed by atoms with van der Waals surface area (Å²) in [6, 6.07) is 0. The van der Waals surface area contributed by atoms with Crippen molar-refractivity contribution >= 4 is 21.7 Å². The van der Waals surface area contributed by atoms with Crippen molar-refractivity contribution in [2.75, 3.05) is 30.8 Å². The molecule has 3 aliphatic rings. The van der Waals surface area contributed by atoms with Crippen molar-refractivity contribution in [2.45, 2.75) is 70.6 Å². The van der Waals surface area contributed by atoms with Gasteiger partial charge in [-0.05, 0) is 44.9 Å². The summed E-state index contributed by atoms with van der Waals surface area (Å²) in [4.78, 5) is 24.3. The molecule has 4 rings (SSSR count). The second-order valence-electron chi connectivity index (χ2n) is 8.94. The summed E-state index contributed by atoms with van der Waals surface area (Å²) in [7, 11) is -3.22. The fourth-order valence-electron chi connectivity index (χ4n) is 5.06. The molecule has 0 spiro atoms. The van der Waals surface area contributed by atoms with Crippen molar-refractivity contribution in [3.05, 3.63) is 17.1 Å². The molecule has 2 aliphatic heterocycles. The maximum atomic E-state index is 12.8. The van der Waals surface area contributed by atoms with Gasteiger partial charge in [-0.3, -0.25) is 9.69 Å². The first kappa shape index (κ1) is 20.7. The highest BCUT2D eigenvalue weighted by molar-refractivity contribution is 7.88. The Bertz CT molecular complexity index is 880. The minimum Gasteiger partial charge on any atom is -0.296 e. The van der Waals surface area contributed by atoms with Crippen molar-refractivity contribution in [2.24, 2.45) is 5.92 Å². The molecule has 3 heterocycles. The lowest BCUT2D eigenvalue weighted by Crippen LogP contribution is -2.41. The van der Waals surface area contributed by atoms with Crippen molar-refractivity contribution in [3.63, 3.8) is 0 Å². The first-order valence-electron chi connectivity index (χ1n) is 11.0. The van der Waals surface area contributed by atoms with Crippen LogP contribution in [0, 0.1) is 12.8 Å². The van der Waals surface area contributed by atoms with E-state index in [1.165, 1.54) is 42.7 Å². The Morgan fingerprint density at radius 1 is 1.03 bits per heavy atom. The van der Waals surface area contributed by atoms with Gasteiger partial charge in [-0.2, -0.15) is 0 Å². The van der Waals surface area contributed by atoms with Gasteiger partial charge >= 0.3 is 0 Å². The van der Waals surface area contributed by atoms with E-state index in [1.807, 2.05) is 11.8 Å². The van der Waals surface area contributed by atoms with Crippen molar-refractivity contribution in [1.82, 2.24) is 14.3 Å². The van der Waals surface area contributed by atoms with Crippen LogP contribution in [0.2, 0.25) is 0 Å². The zero-order valence-corrected chi connectivity index (χ0v) is 18.4. The molecule has 0 aromatic carbocycles. The van der Waals surface area contributed by atoms with E-state index >= 15 is 0 Å². The second-order valence-corrected chi connectivity index (χ2v) is 10.9. The normalized spacial score (nSPS) is 24.6. The van der Waals surface area contributed by atoms with Crippen LogP contribution in [0.25, 0.3) is 0 Å². The average Bonchev–Trinajstić information content (AvgIpc) is 2.70. The largest absolute Gasteiger partial charge is 0.296 e. The minimum absolute atomic E-state index is 0.0176. The number of anilines is 1. The van der Waals surface area contributed by atoms with E-state index in [4.69, 9.17) is 9.97 Å². The first-order valence-corrected chi connectivity index (χ1v) is 12.8. The van der Waals surface area contributed by atoms with Crippen LogP contribution < -0.4 is 4.90 Å². The zero-order chi connectivity index (χ0) is 20.6. The summed E-state index contributed by atoms with van der Waals surface area (Å²) >= 11 is 0. The molecule has 0 bridgehead atoms. The Balaban J connectivity index is 1.63. The minimum atomic E-state index is -3.22. The summed E-state index contributed by atoms with van der Waals surface area (Å²) in [5, 5.41) is 0. The van der Waals surface area contributed by atoms with Gasteiger partial charge < -0.3 is 0 Å². The van der Waals surface area contributed by atoms with Crippen LogP contribution in [-0.2, 0) is 21.2 Å². The molecular formula is C21H32N4O3S. The predicted octanol–water partition coefficient (Wildman–Crippen LogP) is 2.78. The Kier molecular flexibility index (Phi) is 5.93. The summed E-state index contributed by atoms with van der Waals surface area (Å²) < 4.78 is 25.6. The number of hydrogen-bond donors (Lipinski definition) is 0. The third-order valence-corrected chi connectivity index (χ3v) is 8.01. The highest BCUT2D eigenvalue weighted by Gasteiger charge is 2.33. The molecule has 0 N–H and O–H groups in total. The lowest BCUT2D eigenvalue weighted by Gasteiger charge is -2.35. The van der Waals surface area contributed by atoms with Crippen LogP contribution in [-0.4, -0.2) is 54.5 Å². The highest BCUT2D eigenvalue weighted by atomic mass is 32.2. The predicted molar refractivity (Wildman–Crippen MR) is 112 cm³/mol. The van der Waals surface area contributed by atoms with E-state index in [-0.39, 0.29) is 11.8 Å². The van der Waals surface area contributed by atoms with Gasteiger partial charge in [-0.1, -0.05) is 19.3 Å². The van der Waals surface area contributed by atoms with Crippen LogP contribution in [0.15, 0.2) is 0 Å². The van der Waals surface area contributed by atoms with Gasteiger partial charge in [0, 0.05) is 43.2 Å². The number of aryl methyl sites for hydroxylation is 1. The molecule has 1 aliphatic carbocycles. The summed E-state index contributed by atoms with van der Waals surface area (Å²) in [6.45, 7) is 3.73. The fourth-order valence-corrected chi connectivity index (χ4v) is 5.97. The molecule has 0 unspecified atom stereocenters. The molecule has 0 radical (unpaired) electrons. The van der Waals surface area contributed by atoms with E-state index in [0.717, 1.165) is 36.5 Å². The van der Waals surface area contributed by atoms with Crippen molar-refractivity contribution < 1.29 is 13.2 Å². The zero-order valence-electron chi connectivity index (χ0n) is 17.6. The number of hydrogen-bond acceptors (Lipinski definition) is 5. The highest BCUT2D eigenvalue weighted by Crippen LogP contribution is 2.34. The number of carbonyl (C=O) groups is 1. The molecule has 29 heavy (non-hydrogen) atoms. The van der Waals surface area contributed by atoms with E-state index in [0.29, 0.717) is 37.7 Å². The van der Waals surface area contributed by atoms with Crippen LogP contribution >= 0.6 is 0 Å². The van der Waals surface area contributed by atoms with Gasteiger partial charge in [0.1, 0.15) is 11.6 Å². The number of sulfonamides is 1.